The molecule has 0 unspecified atom stereocenters. The van der Waals surface area contributed by atoms with E-state index in [9.17, 15) is 9.59 Å². The van der Waals surface area contributed by atoms with Crippen LogP contribution in [0.5, 0.6) is 0 Å². The van der Waals surface area contributed by atoms with Crippen molar-refractivity contribution in [3.63, 3.8) is 0 Å². The summed E-state index contributed by atoms with van der Waals surface area (Å²) in [6.07, 6.45) is 0. The van der Waals surface area contributed by atoms with Crippen molar-refractivity contribution >= 4 is 33.7 Å². The zero-order chi connectivity index (χ0) is 17.4. The summed E-state index contributed by atoms with van der Waals surface area (Å²) in [7, 11) is 0. The molecule has 1 aromatic heterocycles. The number of carboxylic acid groups (broad SMARTS) is 1. The summed E-state index contributed by atoms with van der Waals surface area (Å²) in [4.78, 5) is 29.2. The number of fused-ring (bicyclic) bond motifs is 3. The molecule has 3 aromatic carbocycles. The lowest BCUT2D eigenvalue weighted by Gasteiger charge is -2.08. The Balaban J connectivity index is 1.81. The van der Waals surface area contributed by atoms with Gasteiger partial charge in [0.05, 0.1) is 22.2 Å². The second-order valence-corrected chi connectivity index (χ2v) is 5.59. The van der Waals surface area contributed by atoms with Crippen molar-refractivity contribution in [1.29, 1.82) is 0 Å². The standard InChI is InChI=1S/C20H13NO4/c22-19(23)13-6-5-7-14(12-13)20(24)25-21-17-10-3-1-8-15(17)16-9-2-4-11-18(16)21/h1-12H,(H,22,23). The van der Waals surface area contributed by atoms with Crippen LogP contribution in [0.1, 0.15) is 20.7 Å². The van der Waals surface area contributed by atoms with E-state index in [2.05, 4.69) is 0 Å². The van der Waals surface area contributed by atoms with E-state index < -0.39 is 11.9 Å². The summed E-state index contributed by atoms with van der Waals surface area (Å²) >= 11 is 0. The highest BCUT2D eigenvalue weighted by molar-refractivity contribution is 6.08. The van der Waals surface area contributed by atoms with Gasteiger partial charge >= 0.3 is 11.9 Å². The Kier molecular flexibility index (Phi) is 3.47. The fraction of sp³-hybridized carbons (Fsp3) is 0. The zero-order valence-electron chi connectivity index (χ0n) is 13.0. The van der Waals surface area contributed by atoms with E-state index in [-0.39, 0.29) is 11.1 Å². The Morgan fingerprint density at radius 2 is 1.32 bits per heavy atom. The molecular formula is C20H13NO4. The normalized spacial score (nSPS) is 10.9. The van der Waals surface area contributed by atoms with Crippen molar-refractivity contribution in [2.24, 2.45) is 0 Å². The lowest BCUT2D eigenvalue weighted by molar-refractivity contribution is 0.0501. The van der Waals surface area contributed by atoms with Crippen molar-refractivity contribution in [1.82, 2.24) is 4.73 Å². The minimum Gasteiger partial charge on any atom is -0.478 e. The van der Waals surface area contributed by atoms with E-state index in [4.69, 9.17) is 9.94 Å². The van der Waals surface area contributed by atoms with E-state index in [0.717, 1.165) is 21.8 Å². The number of rotatable bonds is 3. The molecule has 0 aliphatic carbocycles. The molecule has 0 fully saturated rings. The number of nitrogens with zero attached hydrogens (tertiary/aromatic N) is 1. The smallest absolute Gasteiger partial charge is 0.363 e. The van der Waals surface area contributed by atoms with Gasteiger partial charge in [0.25, 0.3) is 0 Å². The zero-order valence-corrected chi connectivity index (χ0v) is 13.0. The lowest BCUT2D eigenvalue weighted by Crippen LogP contribution is -2.19. The van der Waals surface area contributed by atoms with Crippen molar-refractivity contribution < 1.29 is 19.5 Å². The summed E-state index contributed by atoms with van der Waals surface area (Å²) in [6, 6.07) is 21.1. The molecule has 0 amide bonds. The maximum Gasteiger partial charge on any atom is 0.363 e. The van der Waals surface area contributed by atoms with Crippen LogP contribution in [-0.4, -0.2) is 21.8 Å². The summed E-state index contributed by atoms with van der Waals surface area (Å²) in [6.45, 7) is 0. The average molecular weight is 331 g/mol. The molecule has 1 N–H and O–H groups in total. The molecular weight excluding hydrogens is 318 g/mol. The Hall–Kier alpha value is -3.60. The van der Waals surface area contributed by atoms with Crippen LogP contribution in [0.15, 0.2) is 72.8 Å². The number of carbonyl (C=O) groups excluding carboxylic acids is 1. The number of aromatic carboxylic acids is 1. The van der Waals surface area contributed by atoms with Gasteiger partial charge in [-0.05, 0) is 30.3 Å². The SMILES string of the molecule is O=C(O)c1cccc(C(=O)On2c3ccccc3c3ccccc32)c1. The molecule has 5 nitrogen and oxygen atoms in total. The largest absolute Gasteiger partial charge is 0.478 e. The highest BCUT2D eigenvalue weighted by Gasteiger charge is 2.16. The average Bonchev–Trinajstić information content (AvgIpc) is 2.96. The second-order valence-electron chi connectivity index (χ2n) is 5.59. The minimum atomic E-state index is -1.09. The summed E-state index contributed by atoms with van der Waals surface area (Å²) < 4.78 is 1.49. The van der Waals surface area contributed by atoms with Crippen LogP contribution < -0.4 is 4.84 Å². The topological polar surface area (TPSA) is 68.5 Å². The van der Waals surface area contributed by atoms with Crippen LogP contribution in [0.2, 0.25) is 0 Å². The monoisotopic (exact) mass is 331 g/mol. The number of benzene rings is 3. The molecule has 0 atom stereocenters. The summed E-state index contributed by atoms with van der Waals surface area (Å²) in [5.41, 5.74) is 1.76. The number of carbonyl (C=O) groups is 2. The third kappa shape index (κ3) is 2.52. The number of carboxylic acids is 1. The first-order chi connectivity index (χ1) is 12.1. The third-order valence-corrected chi connectivity index (χ3v) is 4.06. The Bertz CT molecular complexity index is 1070. The van der Waals surface area contributed by atoms with Gasteiger partial charge < -0.3 is 9.94 Å². The molecule has 4 aromatic rings. The van der Waals surface area contributed by atoms with Crippen LogP contribution in [0, 0.1) is 0 Å². The van der Waals surface area contributed by atoms with Gasteiger partial charge in [0.1, 0.15) is 0 Å². The molecule has 0 spiro atoms. The second kappa shape index (κ2) is 5.79. The van der Waals surface area contributed by atoms with Crippen LogP contribution in [-0.2, 0) is 0 Å². The Labute approximate surface area is 142 Å². The molecule has 0 radical (unpaired) electrons. The molecule has 4 rings (SSSR count). The van der Waals surface area contributed by atoms with E-state index in [0.29, 0.717) is 0 Å². The van der Waals surface area contributed by atoms with Crippen LogP contribution >= 0.6 is 0 Å². The molecule has 0 saturated heterocycles. The fourth-order valence-corrected chi connectivity index (χ4v) is 2.90. The highest BCUT2D eigenvalue weighted by Crippen LogP contribution is 2.27. The van der Waals surface area contributed by atoms with Gasteiger partial charge in [0.2, 0.25) is 0 Å². The first-order valence-corrected chi connectivity index (χ1v) is 7.69. The molecule has 0 aliphatic rings. The van der Waals surface area contributed by atoms with Crippen LogP contribution in [0.25, 0.3) is 21.8 Å². The van der Waals surface area contributed by atoms with Gasteiger partial charge in [-0.1, -0.05) is 42.5 Å². The Morgan fingerprint density at radius 3 is 1.92 bits per heavy atom. The quantitative estimate of drug-likeness (QED) is 0.620. The van der Waals surface area contributed by atoms with Gasteiger partial charge in [-0.15, -0.1) is 0 Å². The predicted molar refractivity (Wildman–Crippen MR) is 93.8 cm³/mol. The van der Waals surface area contributed by atoms with Gasteiger partial charge in [0, 0.05) is 10.8 Å². The summed E-state index contributed by atoms with van der Waals surface area (Å²) in [5, 5.41) is 11.0. The number of hydrogen-bond donors (Lipinski definition) is 1. The van der Waals surface area contributed by atoms with Gasteiger partial charge in [-0.3, -0.25) is 0 Å². The van der Waals surface area contributed by atoms with E-state index in [1.54, 1.807) is 0 Å². The van der Waals surface area contributed by atoms with E-state index in [1.165, 1.54) is 29.0 Å². The molecule has 0 saturated carbocycles. The molecule has 25 heavy (non-hydrogen) atoms. The molecule has 122 valence electrons. The molecule has 0 aliphatic heterocycles. The maximum atomic E-state index is 12.5. The third-order valence-electron chi connectivity index (χ3n) is 4.06. The number of aromatic nitrogens is 1. The Morgan fingerprint density at radius 1 is 0.760 bits per heavy atom. The number of para-hydroxylation sites is 2. The van der Waals surface area contributed by atoms with Crippen LogP contribution in [0.3, 0.4) is 0 Å². The molecule has 1 heterocycles. The molecule has 5 heteroatoms. The lowest BCUT2D eigenvalue weighted by atomic mass is 10.1. The van der Waals surface area contributed by atoms with Gasteiger partial charge in [-0.25, -0.2) is 9.59 Å². The van der Waals surface area contributed by atoms with Crippen molar-refractivity contribution in [3.8, 4) is 0 Å². The van der Waals surface area contributed by atoms with E-state index in [1.807, 2.05) is 48.5 Å². The predicted octanol–water partition coefficient (Wildman–Crippen LogP) is 3.76. The van der Waals surface area contributed by atoms with Crippen molar-refractivity contribution in [2.45, 2.75) is 0 Å². The van der Waals surface area contributed by atoms with Crippen LogP contribution in [0.4, 0.5) is 0 Å². The first-order valence-electron chi connectivity index (χ1n) is 7.69. The minimum absolute atomic E-state index is 0.0386. The van der Waals surface area contributed by atoms with Crippen molar-refractivity contribution in [3.05, 3.63) is 83.9 Å². The summed E-state index contributed by atoms with van der Waals surface area (Å²) in [5.74, 6) is -1.71. The number of hydrogen-bond acceptors (Lipinski definition) is 3. The van der Waals surface area contributed by atoms with E-state index >= 15 is 0 Å². The molecule has 0 bridgehead atoms. The van der Waals surface area contributed by atoms with Gasteiger partial charge in [-0.2, -0.15) is 4.73 Å². The van der Waals surface area contributed by atoms with Crippen molar-refractivity contribution in [2.75, 3.05) is 0 Å². The van der Waals surface area contributed by atoms with Gasteiger partial charge in [0.15, 0.2) is 0 Å². The first kappa shape index (κ1) is 15.0. The highest BCUT2D eigenvalue weighted by atomic mass is 16.7. The maximum absolute atomic E-state index is 12.5. The fourth-order valence-electron chi connectivity index (χ4n) is 2.90.